The SMILES string of the molecule is COc1ccc2oc(Br)c(OS(=O)(=O)C(F)(F)F)c2c1. The predicted molar refractivity (Wildman–Crippen MR) is 66.1 cm³/mol. The molecule has 0 saturated heterocycles. The van der Waals surface area contributed by atoms with Crippen molar-refractivity contribution in [2.75, 3.05) is 7.11 Å². The van der Waals surface area contributed by atoms with Gasteiger partial charge in [-0.25, -0.2) is 0 Å². The average molecular weight is 375 g/mol. The van der Waals surface area contributed by atoms with E-state index < -0.39 is 21.4 Å². The van der Waals surface area contributed by atoms with Gasteiger partial charge in [-0.1, -0.05) is 0 Å². The fraction of sp³-hybridized carbons (Fsp3) is 0.200. The lowest BCUT2D eigenvalue weighted by molar-refractivity contribution is -0.0500. The van der Waals surface area contributed by atoms with E-state index in [1.54, 1.807) is 0 Å². The first-order valence-electron chi connectivity index (χ1n) is 4.92. The van der Waals surface area contributed by atoms with E-state index in [4.69, 9.17) is 9.15 Å². The molecule has 1 heterocycles. The quantitative estimate of drug-likeness (QED) is 0.608. The summed E-state index contributed by atoms with van der Waals surface area (Å²) in [7, 11) is -4.43. The Balaban J connectivity index is 2.57. The molecule has 0 spiro atoms. The van der Waals surface area contributed by atoms with Crippen molar-refractivity contribution in [3.63, 3.8) is 0 Å². The van der Waals surface area contributed by atoms with Gasteiger partial charge in [0.05, 0.1) is 12.5 Å². The van der Waals surface area contributed by atoms with E-state index in [1.165, 1.54) is 25.3 Å². The predicted octanol–water partition coefficient (Wildman–Crippen LogP) is 3.43. The molecule has 0 amide bonds. The molecule has 2 aromatic rings. The van der Waals surface area contributed by atoms with Crippen LogP contribution in [-0.2, 0) is 10.1 Å². The van der Waals surface area contributed by atoms with E-state index in [0.717, 1.165) is 0 Å². The summed E-state index contributed by atoms with van der Waals surface area (Å²) in [4.78, 5) is 0. The average Bonchev–Trinajstić information content (AvgIpc) is 2.63. The summed E-state index contributed by atoms with van der Waals surface area (Å²) in [6.07, 6.45) is 0. The van der Waals surface area contributed by atoms with Gasteiger partial charge in [-0.05, 0) is 34.1 Å². The number of methoxy groups -OCH3 is 1. The van der Waals surface area contributed by atoms with Crippen LogP contribution in [0.25, 0.3) is 11.0 Å². The molecule has 0 bridgehead atoms. The van der Waals surface area contributed by atoms with Crippen LogP contribution in [0.4, 0.5) is 13.2 Å². The van der Waals surface area contributed by atoms with Gasteiger partial charge in [0.2, 0.25) is 10.4 Å². The number of rotatable bonds is 3. The molecule has 0 saturated carbocycles. The molecule has 0 unspecified atom stereocenters. The molecule has 1 aromatic heterocycles. The molecule has 10 heteroatoms. The molecule has 20 heavy (non-hydrogen) atoms. The number of fused-ring (bicyclic) bond motifs is 1. The zero-order valence-corrected chi connectivity index (χ0v) is 12.1. The Kier molecular flexibility index (Phi) is 3.63. The van der Waals surface area contributed by atoms with Crippen molar-refractivity contribution >= 4 is 37.0 Å². The van der Waals surface area contributed by atoms with Crippen LogP contribution in [0.3, 0.4) is 0 Å². The Morgan fingerprint density at radius 1 is 1.30 bits per heavy atom. The Hall–Kier alpha value is -1.42. The van der Waals surface area contributed by atoms with Crippen LogP contribution in [0.2, 0.25) is 0 Å². The lowest BCUT2D eigenvalue weighted by atomic mass is 10.2. The Bertz CT molecular complexity index is 750. The second-order valence-electron chi connectivity index (χ2n) is 3.55. The normalized spacial score (nSPS) is 12.7. The van der Waals surface area contributed by atoms with Gasteiger partial charge in [-0.15, -0.1) is 0 Å². The van der Waals surface area contributed by atoms with Crippen molar-refractivity contribution in [2.24, 2.45) is 0 Å². The second-order valence-corrected chi connectivity index (χ2v) is 5.81. The lowest BCUT2D eigenvalue weighted by Gasteiger charge is -2.08. The highest BCUT2D eigenvalue weighted by atomic mass is 79.9. The number of halogens is 4. The third kappa shape index (κ3) is 2.57. The molecule has 0 N–H and O–H groups in total. The van der Waals surface area contributed by atoms with Gasteiger partial charge >= 0.3 is 15.6 Å². The minimum atomic E-state index is -5.79. The highest BCUT2D eigenvalue weighted by Gasteiger charge is 2.49. The molecule has 0 aliphatic heterocycles. The van der Waals surface area contributed by atoms with E-state index in [0.29, 0.717) is 5.75 Å². The molecule has 2 rings (SSSR count). The minimum Gasteiger partial charge on any atom is -0.497 e. The molecule has 0 atom stereocenters. The smallest absolute Gasteiger partial charge is 0.497 e. The first-order valence-corrected chi connectivity index (χ1v) is 7.12. The third-order valence-corrected chi connectivity index (χ3v) is 3.76. The second kappa shape index (κ2) is 4.85. The first kappa shape index (κ1) is 15.0. The van der Waals surface area contributed by atoms with Crippen LogP contribution < -0.4 is 8.92 Å². The maximum Gasteiger partial charge on any atom is 0.534 e. The largest absolute Gasteiger partial charge is 0.534 e. The fourth-order valence-electron chi connectivity index (χ4n) is 1.39. The van der Waals surface area contributed by atoms with Crippen molar-refractivity contribution in [3.8, 4) is 11.5 Å². The summed E-state index contributed by atoms with van der Waals surface area (Å²) >= 11 is 2.81. The highest BCUT2D eigenvalue weighted by Crippen LogP contribution is 2.41. The maximum atomic E-state index is 12.3. The lowest BCUT2D eigenvalue weighted by Crippen LogP contribution is -2.28. The molecule has 110 valence electrons. The van der Waals surface area contributed by atoms with E-state index >= 15 is 0 Å². The third-order valence-electron chi connectivity index (χ3n) is 2.29. The van der Waals surface area contributed by atoms with Crippen LogP contribution in [-0.4, -0.2) is 21.0 Å². The monoisotopic (exact) mass is 374 g/mol. The molecular formula is C10H6BrF3O5S. The topological polar surface area (TPSA) is 65.7 Å². The highest BCUT2D eigenvalue weighted by molar-refractivity contribution is 9.10. The number of hydrogen-bond donors (Lipinski definition) is 0. The Morgan fingerprint density at radius 2 is 1.95 bits per heavy atom. The number of alkyl halides is 3. The number of benzene rings is 1. The molecule has 0 fully saturated rings. The van der Waals surface area contributed by atoms with E-state index in [9.17, 15) is 21.6 Å². The summed E-state index contributed by atoms with van der Waals surface area (Å²) < 4.78 is 72.8. The standard InChI is InChI=1S/C10H6BrF3O5S/c1-17-5-2-3-7-6(4-5)8(9(11)18-7)19-20(15,16)10(12,13)14/h2-4H,1H3. The van der Waals surface area contributed by atoms with Crippen LogP contribution in [0.5, 0.6) is 11.5 Å². The van der Waals surface area contributed by atoms with Gasteiger partial charge in [-0.2, -0.15) is 21.6 Å². The van der Waals surface area contributed by atoms with Crippen molar-refractivity contribution in [3.05, 3.63) is 22.9 Å². The molecule has 5 nitrogen and oxygen atoms in total. The fourth-order valence-corrected chi connectivity index (χ4v) is 2.44. The van der Waals surface area contributed by atoms with Gasteiger partial charge < -0.3 is 13.3 Å². The Morgan fingerprint density at radius 3 is 2.50 bits per heavy atom. The van der Waals surface area contributed by atoms with Crippen molar-refractivity contribution in [2.45, 2.75) is 5.51 Å². The minimum absolute atomic E-state index is 0.0315. The Labute approximate surface area is 119 Å². The van der Waals surface area contributed by atoms with Crippen LogP contribution in [0, 0.1) is 0 Å². The van der Waals surface area contributed by atoms with Gasteiger partial charge in [-0.3, -0.25) is 0 Å². The van der Waals surface area contributed by atoms with E-state index in [1.807, 2.05) is 0 Å². The summed E-state index contributed by atoms with van der Waals surface area (Å²) in [5.41, 5.74) is -5.39. The van der Waals surface area contributed by atoms with Crippen molar-refractivity contribution in [1.29, 1.82) is 0 Å². The summed E-state index contributed by atoms with van der Waals surface area (Å²) in [6.45, 7) is 0. The number of furan rings is 1. The molecule has 0 aliphatic carbocycles. The molecule has 0 radical (unpaired) electrons. The zero-order valence-electron chi connectivity index (χ0n) is 9.69. The van der Waals surface area contributed by atoms with Gasteiger partial charge in [0, 0.05) is 0 Å². The number of ether oxygens (including phenoxy) is 1. The van der Waals surface area contributed by atoms with Crippen LogP contribution in [0.15, 0.2) is 27.3 Å². The first-order chi connectivity index (χ1) is 9.15. The zero-order chi connectivity index (χ0) is 15.1. The summed E-state index contributed by atoms with van der Waals surface area (Å²) in [5.74, 6) is -0.281. The molecular weight excluding hydrogens is 369 g/mol. The van der Waals surface area contributed by atoms with Crippen molar-refractivity contribution < 1.29 is 34.9 Å². The van der Waals surface area contributed by atoms with Crippen LogP contribution in [0.1, 0.15) is 0 Å². The number of hydrogen-bond acceptors (Lipinski definition) is 5. The van der Waals surface area contributed by atoms with Crippen LogP contribution >= 0.6 is 15.9 Å². The molecule has 0 aliphatic rings. The van der Waals surface area contributed by atoms with E-state index in [2.05, 4.69) is 20.1 Å². The van der Waals surface area contributed by atoms with Gasteiger partial charge in [0.1, 0.15) is 11.3 Å². The van der Waals surface area contributed by atoms with E-state index in [-0.39, 0.29) is 15.6 Å². The van der Waals surface area contributed by atoms with Gasteiger partial charge in [0.25, 0.3) is 0 Å². The molecule has 1 aromatic carbocycles. The van der Waals surface area contributed by atoms with Crippen molar-refractivity contribution in [1.82, 2.24) is 0 Å². The van der Waals surface area contributed by atoms with Gasteiger partial charge in [0.15, 0.2) is 0 Å². The summed E-state index contributed by atoms with van der Waals surface area (Å²) in [5, 5.41) is 0.0315. The summed E-state index contributed by atoms with van der Waals surface area (Å²) in [6, 6.07) is 4.21. The maximum absolute atomic E-state index is 12.3.